The minimum absolute atomic E-state index is 0. The summed E-state index contributed by atoms with van der Waals surface area (Å²) in [7, 11) is 0. The van der Waals surface area contributed by atoms with Crippen molar-refractivity contribution < 1.29 is 4.74 Å². The van der Waals surface area contributed by atoms with Crippen LogP contribution in [0.15, 0.2) is 265 Å². The normalized spacial score (nSPS) is 11.8. The molecule has 8 aromatic carbocycles. The summed E-state index contributed by atoms with van der Waals surface area (Å²) in [6.45, 7) is 18.0. The molecule has 0 spiro atoms. The molecule has 0 unspecified atom stereocenters. The lowest BCUT2D eigenvalue weighted by atomic mass is 9.87. The smallest absolute Gasteiger partial charge is 0.179 e. The van der Waals surface area contributed by atoms with E-state index in [4.69, 9.17) is 14.7 Å². The number of aromatic nitrogens is 10. The van der Waals surface area contributed by atoms with Gasteiger partial charge >= 0.3 is 0 Å². The van der Waals surface area contributed by atoms with Crippen LogP contribution in [0.2, 0.25) is 0 Å². The molecule has 0 saturated carbocycles. The zero-order valence-corrected chi connectivity index (χ0v) is 57.9. The standard InChI is InChI=1S/C43H35N5O.C26H25N3O.C17H11BrN2.CH4/c1-26(2)30-11-9-12-31(27(3)4)42(30)40-25-46-43-36-22-28(15-17-32(36)35-19-21-44-24-39(35)48(40)43)49-29-16-18-34-33-10-5-6-13-37(33)47(38(34)23-29)41-14-7-8-20-45-41;1-15(2)18-6-5-7-19(16(3)4)25(18)24-14-28-26-22-12-17(30)8-9-20(22)21-10-11-27-13-23(21)29(24)26;18-12-8-9-14-13-5-1-2-6-15(13)20(16(14)11-12)17-7-3-4-10-19-17;/h5-27H,1-4H3;5-16,27H,1-4H3;1-11H;1H4. The number of para-hydroxylation sites is 2. The average Bonchev–Trinajstić information content (AvgIpc) is 1.33. The van der Waals surface area contributed by atoms with Crippen LogP contribution in [0.5, 0.6) is 11.5 Å². The van der Waals surface area contributed by atoms with Gasteiger partial charge in [0.15, 0.2) is 5.43 Å². The van der Waals surface area contributed by atoms with E-state index in [0.29, 0.717) is 23.7 Å². The van der Waals surface area contributed by atoms with Crippen molar-refractivity contribution in [3.05, 3.63) is 293 Å². The van der Waals surface area contributed by atoms with Crippen LogP contribution in [-0.4, -0.2) is 47.8 Å². The summed E-state index contributed by atoms with van der Waals surface area (Å²) in [5, 5.41) is 11.1. The van der Waals surface area contributed by atoms with E-state index in [1.807, 2.05) is 104 Å². The van der Waals surface area contributed by atoms with Crippen molar-refractivity contribution in [1.82, 2.24) is 47.8 Å². The number of ether oxygens (including phenoxy) is 1. The summed E-state index contributed by atoms with van der Waals surface area (Å²) in [5.74, 6) is 4.80. The summed E-state index contributed by atoms with van der Waals surface area (Å²) < 4.78 is 16.6. The third-order valence-electron chi connectivity index (χ3n) is 19.2. The molecule has 12 nitrogen and oxygen atoms in total. The summed E-state index contributed by atoms with van der Waals surface area (Å²) in [4.78, 5) is 39.1. The molecular weight excluding hydrogens is 1300 g/mol. The molecule has 0 aliphatic heterocycles. The summed E-state index contributed by atoms with van der Waals surface area (Å²) in [5.41, 5.74) is 18.2. The Balaban J connectivity index is 0.000000135. The molecule has 0 bridgehead atoms. The van der Waals surface area contributed by atoms with Crippen LogP contribution in [0.3, 0.4) is 0 Å². The Hall–Kier alpha value is -11.5. The third-order valence-corrected chi connectivity index (χ3v) is 19.7. The highest BCUT2D eigenvalue weighted by atomic mass is 79.9. The SMILES string of the molecule is Brc1ccc2c3ccccc3n(-c3ccccn3)c2c1.C.CC(C)c1cccc(C(C)C)c1-c1cnc2c3cc(=O)ccc3c3cc[nH]cc3n12.CC(C)c1cccc(C(C)C)c1-c1cnc2c3cc(Oc4ccc5c6ccccc6n(-c6ccccn6)c5c4)ccc3c3ccncc3n12. The largest absolute Gasteiger partial charge is 0.457 e. The van der Waals surface area contributed by atoms with Gasteiger partial charge in [-0.3, -0.25) is 27.7 Å². The molecule has 0 aliphatic rings. The minimum Gasteiger partial charge on any atom is -0.457 e. The first kappa shape index (κ1) is 64.5. The van der Waals surface area contributed by atoms with Crippen molar-refractivity contribution in [3.63, 3.8) is 0 Å². The second-order valence-corrected chi connectivity index (χ2v) is 27.5. The van der Waals surface area contributed by atoms with Crippen molar-refractivity contribution in [2.75, 3.05) is 0 Å². The fraction of sp³-hybridized carbons (Fsp3) is 0.149. The van der Waals surface area contributed by atoms with Gasteiger partial charge in [-0.2, -0.15) is 0 Å². The quantitative estimate of drug-likeness (QED) is 0.135. The van der Waals surface area contributed by atoms with Crippen molar-refractivity contribution in [3.8, 4) is 45.6 Å². The number of nitrogens with zero attached hydrogens (tertiary/aromatic N) is 9. The second-order valence-electron chi connectivity index (χ2n) is 26.6. The van der Waals surface area contributed by atoms with E-state index in [2.05, 4.69) is 249 Å². The number of H-pyrrole nitrogens is 1. The summed E-state index contributed by atoms with van der Waals surface area (Å²) in [6.07, 6.45) is 15.4. The van der Waals surface area contributed by atoms with Crippen LogP contribution in [-0.2, 0) is 0 Å². The molecule has 0 radical (unpaired) electrons. The zero-order chi connectivity index (χ0) is 67.7. The molecule has 100 heavy (non-hydrogen) atoms. The fourth-order valence-corrected chi connectivity index (χ4v) is 15.1. The number of aromatic amines is 1. The Labute approximate surface area is 588 Å². The van der Waals surface area contributed by atoms with Crippen LogP contribution in [0.1, 0.15) is 109 Å². The van der Waals surface area contributed by atoms with Gasteiger partial charge in [-0.25, -0.2) is 19.9 Å². The molecule has 1 N–H and O–H groups in total. The number of halogens is 1. The van der Waals surface area contributed by atoms with Gasteiger partial charge in [0.25, 0.3) is 0 Å². The predicted octanol–water partition coefficient (Wildman–Crippen LogP) is 23.1. The first-order valence-electron chi connectivity index (χ1n) is 33.9. The first-order valence-corrected chi connectivity index (χ1v) is 34.6. The zero-order valence-electron chi connectivity index (χ0n) is 56.3. The van der Waals surface area contributed by atoms with Gasteiger partial charge in [-0.05, 0) is 166 Å². The van der Waals surface area contributed by atoms with Crippen LogP contribution in [0, 0.1) is 0 Å². The molecule has 18 aromatic rings. The highest BCUT2D eigenvalue weighted by molar-refractivity contribution is 9.10. The monoisotopic (exact) mass is 1370 g/mol. The Morgan fingerprint density at radius 3 is 1.39 bits per heavy atom. The van der Waals surface area contributed by atoms with E-state index >= 15 is 0 Å². The molecule has 0 aliphatic carbocycles. The molecule has 13 heteroatoms. The fourth-order valence-electron chi connectivity index (χ4n) is 14.8. The average molecular weight is 1370 g/mol. The van der Waals surface area contributed by atoms with E-state index in [-0.39, 0.29) is 12.9 Å². The minimum atomic E-state index is 0. The molecule has 10 heterocycles. The maximum absolute atomic E-state index is 12.2. The lowest BCUT2D eigenvalue weighted by Gasteiger charge is -2.20. The molecular formula is C87H75BrN10O2. The van der Waals surface area contributed by atoms with Crippen molar-refractivity contribution in [2.45, 2.75) is 86.5 Å². The number of rotatable bonds is 10. The van der Waals surface area contributed by atoms with Gasteiger partial charge in [0.2, 0.25) is 0 Å². The van der Waals surface area contributed by atoms with Gasteiger partial charge < -0.3 is 9.72 Å². The number of hydrogen-bond acceptors (Lipinski definition) is 7. The highest BCUT2D eigenvalue weighted by Gasteiger charge is 2.25. The number of benzene rings is 8. The Morgan fingerprint density at radius 1 is 0.380 bits per heavy atom. The molecule has 0 fully saturated rings. The molecule has 10 aromatic heterocycles. The third kappa shape index (κ3) is 11.1. The van der Waals surface area contributed by atoms with Crippen molar-refractivity contribution >= 4 is 114 Å². The van der Waals surface area contributed by atoms with Crippen LogP contribution in [0.25, 0.3) is 132 Å². The number of imidazole rings is 2. The maximum atomic E-state index is 12.2. The summed E-state index contributed by atoms with van der Waals surface area (Å²) >= 11 is 3.56. The number of hydrogen-bond donors (Lipinski definition) is 1. The van der Waals surface area contributed by atoms with Crippen molar-refractivity contribution in [1.29, 1.82) is 0 Å². The van der Waals surface area contributed by atoms with E-state index in [1.54, 1.807) is 12.1 Å². The lowest BCUT2D eigenvalue weighted by Crippen LogP contribution is -2.03. The number of pyridine rings is 6. The van der Waals surface area contributed by atoms with E-state index in [1.165, 1.54) is 60.6 Å². The van der Waals surface area contributed by atoms with Crippen molar-refractivity contribution in [2.24, 2.45) is 0 Å². The molecule has 0 atom stereocenters. The van der Waals surface area contributed by atoms with E-state index < -0.39 is 0 Å². The second kappa shape index (κ2) is 26.4. The maximum Gasteiger partial charge on any atom is 0.179 e. The molecule has 492 valence electrons. The first-order chi connectivity index (χ1) is 48.3. The molecule has 0 saturated heterocycles. The van der Waals surface area contributed by atoms with Gasteiger partial charge in [0.1, 0.15) is 34.4 Å². The molecule has 18 rings (SSSR count). The van der Waals surface area contributed by atoms with Gasteiger partial charge in [0.05, 0.1) is 63.1 Å². The molecule has 0 amide bonds. The lowest BCUT2D eigenvalue weighted by molar-refractivity contribution is 0.484. The van der Waals surface area contributed by atoms with E-state index in [0.717, 1.165) is 110 Å². The van der Waals surface area contributed by atoms with Crippen LogP contribution in [0.4, 0.5) is 0 Å². The Bertz CT molecular complexity index is 6170. The van der Waals surface area contributed by atoms with Gasteiger partial charge in [0, 0.05) is 95.7 Å². The van der Waals surface area contributed by atoms with Gasteiger partial charge in [-0.1, -0.05) is 170 Å². The highest BCUT2D eigenvalue weighted by Crippen LogP contribution is 2.44. The van der Waals surface area contributed by atoms with E-state index in [9.17, 15) is 4.79 Å². The predicted molar refractivity (Wildman–Crippen MR) is 418 cm³/mol. The number of fused-ring (bicyclic) bond motifs is 18. The van der Waals surface area contributed by atoms with Crippen LogP contribution < -0.4 is 10.2 Å². The topological polar surface area (TPSA) is 125 Å². The Kier molecular flexibility index (Phi) is 17.0. The Morgan fingerprint density at radius 2 is 0.840 bits per heavy atom. The summed E-state index contributed by atoms with van der Waals surface area (Å²) in [6, 6.07) is 70.6. The van der Waals surface area contributed by atoms with Crippen LogP contribution >= 0.6 is 15.9 Å². The van der Waals surface area contributed by atoms with Gasteiger partial charge in [-0.15, -0.1) is 0 Å². The number of nitrogens with one attached hydrogen (secondary N) is 1.